The molecule has 1 rings (SSSR count). The molecule has 19 heavy (non-hydrogen) atoms. The summed E-state index contributed by atoms with van der Waals surface area (Å²) in [6.45, 7) is 3.68. The Morgan fingerprint density at radius 3 is 2.68 bits per heavy atom. The van der Waals surface area contributed by atoms with Crippen molar-refractivity contribution in [2.24, 2.45) is 0 Å². The van der Waals surface area contributed by atoms with Gasteiger partial charge in [0.15, 0.2) is 5.69 Å². The first kappa shape index (κ1) is 15.6. The van der Waals surface area contributed by atoms with Gasteiger partial charge in [0.1, 0.15) is 0 Å². The lowest BCUT2D eigenvalue weighted by atomic mass is 10.0. The maximum absolute atomic E-state index is 10.8. The molecule has 0 fully saturated rings. The topological polar surface area (TPSA) is 89.4 Å². The van der Waals surface area contributed by atoms with Crippen LogP contribution in [0.4, 0.5) is 5.69 Å². The van der Waals surface area contributed by atoms with E-state index >= 15 is 0 Å². The van der Waals surface area contributed by atoms with Gasteiger partial charge < -0.3 is 9.63 Å². The summed E-state index contributed by atoms with van der Waals surface area (Å²) in [6.07, 6.45) is 5.78. The van der Waals surface area contributed by atoms with E-state index in [1.165, 1.54) is 26.2 Å². The minimum atomic E-state index is -0.604. The number of rotatable bonds is 9. The van der Waals surface area contributed by atoms with E-state index in [4.69, 9.17) is 4.52 Å². The Kier molecular flexibility index (Phi) is 6.49. The van der Waals surface area contributed by atoms with Crippen molar-refractivity contribution in [1.29, 1.82) is 0 Å². The SMILES string of the molecule is CCCCCCCC(O)Cc1onc(C)c1[N+](=O)[O-]. The van der Waals surface area contributed by atoms with Gasteiger partial charge in [-0.05, 0) is 13.3 Å². The van der Waals surface area contributed by atoms with Gasteiger partial charge in [0, 0.05) is 6.42 Å². The highest BCUT2D eigenvalue weighted by atomic mass is 16.6. The van der Waals surface area contributed by atoms with Crippen molar-refractivity contribution in [3.8, 4) is 0 Å². The third-order valence-corrected chi connectivity index (χ3v) is 3.14. The summed E-state index contributed by atoms with van der Waals surface area (Å²) in [5.41, 5.74) is 0.153. The normalized spacial score (nSPS) is 12.6. The number of hydrogen-bond acceptors (Lipinski definition) is 5. The van der Waals surface area contributed by atoms with Crippen LogP contribution in [-0.4, -0.2) is 21.3 Å². The van der Waals surface area contributed by atoms with E-state index in [-0.39, 0.29) is 23.6 Å². The summed E-state index contributed by atoms with van der Waals surface area (Å²) in [6, 6.07) is 0. The zero-order valence-corrected chi connectivity index (χ0v) is 11.6. The Morgan fingerprint density at radius 1 is 1.37 bits per heavy atom. The van der Waals surface area contributed by atoms with Crippen LogP contribution in [0.2, 0.25) is 0 Å². The summed E-state index contributed by atoms with van der Waals surface area (Å²) < 4.78 is 4.92. The number of nitrogens with zero attached hydrogens (tertiary/aromatic N) is 2. The number of aliphatic hydroxyl groups excluding tert-OH is 1. The van der Waals surface area contributed by atoms with E-state index < -0.39 is 11.0 Å². The first-order valence-corrected chi connectivity index (χ1v) is 6.83. The van der Waals surface area contributed by atoms with Crippen LogP contribution in [0.15, 0.2) is 4.52 Å². The third-order valence-electron chi connectivity index (χ3n) is 3.14. The number of aryl methyl sites for hydroxylation is 1. The van der Waals surface area contributed by atoms with Gasteiger partial charge in [-0.15, -0.1) is 0 Å². The maximum Gasteiger partial charge on any atom is 0.334 e. The fourth-order valence-corrected chi connectivity index (χ4v) is 2.08. The lowest BCUT2D eigenvalue weighted by Gasteiger charge is -2.07. The predicted octanol–water partition coefficient (Wildman–Crippen LogP) is 3.16. The van der Waals surface area contributed by atoms with Crippen molar-refractivity contribution in [1.82, 2.24) is 5.16 Å². The Morgan fingerprint density at radius 2 is 2.05 bits per heavy atom. The first-order valence-electron chi connectivity index (χ1n) is 6.83. The van der Waals surface area contributed by atoms with Crippen LogP contribution in [0, 0.1) is 17.0 Å². The van der Waals surface area contributed by atoms with Crippen LogP contribution in [0.5, 0.6) is 0 Å². The summed E-state index contributed by atoms with van der Waals surface area (Å²) in [5.74, 6) is 0.170. The molecule has 1 aromatic heterocycles. The average Bonchev–Trinajstić information content (AvgIpc) is 2.70. The smallest absolute Gasteiger partial charge is 0.334 e. The summed E-state index contributed by atoms with van der Waals surface area (Å²) in [7, 11) is 0. The number of unbranched alkanes of at least 4 members (excludes halogenated alkanes) is 4. The molecule has 1 unspecified atom stereocenters. The highest BCUT2D eigenvalue weighted by Gasteiger charge is 2.25. The molecule has 0 aromatic carbocycles. The van der Waals surface area contributed by atoms with E-state index in [9.17, 15) is 15.2 Å². The van der Waals surface area contributed by atoms with Gasteiger partial charge in [-0.2, -0.15) is 0 Å². The van der Waals surface area contributed by atoms with Crippen LogP contribution in [0.25, 0.3) is 0 Å². The largest absolute Gasteiger partial charge is 0.393 e. The number of aromatic nitrogens is 1. The Labute approximate surface area is 112 Å². The second-order valence-corrected chi connectivity index (χ2v) is 4.86. The van der Waals surface area contributed by atoms with E-state index in [0.29, 0.717) is 6.42 Å². The highest BCUT2D eigenvalue weighted by molar-refractivity contribution is 5.37. The van der Waals surface area contributed by atoms with Gasteiger partial charge in [0.05, 0.1) is 11.0 Å². The number of nitro groups is 1. The van der Waals surface area contributed by atoms with Crippen molar-refractivity contribution in [3.05, 3.63) is 21.6 Å². The van der Waals surface area contributed by atoms with Crippen molar-refractivity contribution in [2.75, 3.05) is 0 Å². The van der Waals surface area contributed by atoms with Crippen LogP contribution in [0.1, 0.15) is 56.9 Å². The second kappa shape index (κ2) is 7.89. The zero-order chi connectivity index (χ0) is 14.3. The van der Waals surface area contributed by atoms with Crippen molar-refractivity contribution < 1.29 is 14.6 Å². The molecule has 0 bridgehead atoms. The van der Waals surface area contributed by atoms with Crippen molar-refractivity contribution in [3.63, 3.8) is 0 Å². The molecule has 0 aliphatic carbocycles. The first-order chi connectivity index (χ1) is 9.06. The van der Waals surface area contributed by atoms with Gasteiger partial charge >= 0.3 is 5.69 Å². The standard InChI is InChI=1S/C13H22N2O4/c1-3-4-5-6-7-8-11(16)9-12-13(15(17)18)10(2)14-19-12/h11,16H,3-9H2,1-2H3. The molecule has 108 valence electrons. The van der Waals surface area contributed by atoms with E-state index in [2.05, 4.69) is 12.1 Å². The lowest BCUT2D eigenvalue weighted by molar-refractivity contribution is -0.386. The summed E-state index contributed by atoms with van der Waals surface area (Å²) in [5, 5.41) is 24.3. The molecular formula is C13H22N2O4. The predicted molar refractivity (Wildman–Crippen MR) is 71.0 cm³/mol. The Balaban J connectivity index is 2.40. The number of hydrogen-bond donors (Lipinski definition) is 1. The molecule has 0 aliphatic heterocycles. The van der Waals surface area contributed by atoms with Gasteiger partial charge in [-0.25, -0.2) is 0 Å². The van der Waals surface area contributed by atoms with Gasteiger partial charge in [-0.1, -0.05) is 44.2 Å². The molecule has 6 heteroatoms. The minimum absolute atomic E-state index is 0.106. The van der Waals surface area contributed by atoms with E-state index in [1.807, 2.05) is 0 Å². The molecule has 0 saturated heterocycles. The molecule has 1 atom stereocenters. The van der Waals surface area contributed by atoms with Gasteiger partial charge in [0.2, 0.25) is 5.76 Å². The quantitative estimate of drug-likeness (QED) is 0.423. The van der Waals surface area contributed by atoms with Crippen LogP contribution in [-0.2, 0) is 6.42 Å². The molecule has 1 aromatic rings. The molecule has 1 N–H and O–H groups in total. The summed E-state index contributed by atoms with van der Waals surface area (Å²) in [4.78, 5) is 10.3. The van der Waals surface area contributed by atoms with Gasteiger partial charge in [-0.3, -0.25) is 10.1 Å². The maximum atomic E-state index is 10.8. The molecule has 1 heterocycles. The third kappa shape index (κ3) is 4.98. The van der Waals surface area contributed by atoms with Crippen LogP contribution >= 0.6 is 0 Å². The Hall–Kier alpha value is -1.43. The average molecular weight is 270 g/mol. The molecular weight excluding hydrogens is 248 g/mol. The molecule has 0 radical (unpaired) electrons. The highest BCUT2D eigenvalue weighted by Crippen LogP contribution is 2.24. The fourth-order valence-electron chi connectivity index (χ4n) is 2.08. The van der Waals surface area contributed by atoms with Crippen molar-refractivity contribution in [2.45, 2.75) is 64.9 Å². The molecule has 0 amide bonds. The number of aliphatic hydroxyl groups is 1. The molecule has 0 saturated carbocycles. The van der Waals surface area contributed by atoms with Gasteiger partial charge in [0.25, 0.3) is 0 Å². The minimum Gasteiger partial charge on any atom is -0.393 e. The monoisotopic (exact) mass is 270 g/mol. The van der Waals surface area contributed by atoms with Crippen LogP contribution in [0.3, 0.4) is 0 Å². The molecule has 0 spiro atoms. The Bertz CT molecular complexity index is 403. The van der Waals surface area contributed by atoms with E-state index in [0.717, 1.165) is 12.8 Å². The molecule has 0 aliphatic rings. The zero-order valence-electron chi connectivity index (χ0n) is 11.6. The second-order valence-electron chi connectivity index (χ2n) is 4.86. The van der Waals surface area contributed by atoms with Crippen LogP contribution < -0.4 is 0 Å². The fraction of sp³-hybridized carbons (Fsp3) is 0.769. The summed E-state index contributed by atoms with van der Waals surface area (Å²) >= 11 is 0. The van der Waals surface area contributed by atoms with E-state index in [1.54, 1.807) is 0 Å². The molecule has 6 nitrogen and oxygen atoms in total. The lowest BCUT2D eigenvalue weighted by Crippen LogP contribution is -2.11. The van der Waals surface area contributed by atoms with Crippen molar-refractivity contribution >= 4 is 5.69 Å².